The molecule has 1 saturated carbocycles. The molecular formula is C21H37NO2. The van der Waals surface area contributed by atoms with E-state index in [-0.39, 0.29) is 6.29 Å². The molecule has 0 N–H and O–H groups in total. The average Bonchev–Trinajstić information content (AvgIpc) is 2.64. The molecule has 2 fully saturated rings. The van der Waals surface area contributed by atoms with Gasteiger partial charge in [0, 0.05) is 5.92 Å². The normalized spacial score (nSPS) is 34.0. The fraction of sp³-hybridized carbons (Fsp3) is 0.952. The van der Waals surface area contributed by atoms with E-state index in [1.54, 1.807) is 0 Å². The van der Waals surface area contributed by atoms with Gasteiger partial charge in [0.15, 0.2) is 6.29 Å². The van der Waals surface area contributed by atoms with Crippen LogP contribution in [0.5, 0.6) is 0 Å². The standard InChI is InChI=1S/C21H37NO2/c1-3-5-7-8-10-18-11-13-21(17-22,14-12-18)20-23-15-19(16-24-20)9-6-4-2/h18-20H,3-16H2,1-2H3/t18-,19?,20?,21-. The number of rotatable bonds is 9. The van der Waals surface area contributed by atoms with Crippen LogP contribution in [0, 0.1) is 28.6 Å². The maximum atomic E-state index is 9.82. The molecule has 0 unspecified atom stereocenters. The van der Waals surface area contributed by atoms with Crippen molar-refractivity contribution in [3.8, 4) is 6.07 Å². The van der Waals surface area contributed by atoms with E-state index in [0.29, 0.717) is 5.92 Å². The Kier molecular flexibility index (Phi) is 8.56. The molecule has 0 spiro atoms. The number of nitriles is 1. The maximum absolute atomic E-state index is 9.82. The van der Waals surface area contributed by atoms with E-state index < -0.39 is 5.41 Å². The van der Waals surface area contributed by atoms with Gasteiger partial charge in [-0.3, -0.25) is 0 Å². The van der Waals surface area contributed by atoms with E-state index in [9.17, 15) is 5.26 Å². The highest BCUT2D eigenvalue weighted by Gasteiger charge is 2.45. The molecule has 24 heavy (non-hydrogen) atoms. The Balaban J connectivity index is 1.75. The van der Waals surface area contributed by atoms with Crippen molar-refractivity contribution in [3.05, 3.63) is 0 Å². The molecule has 2 rings (SSSR count). The van der Waals surface area contributed by atoms with Crippen LogP contribution in [0.2, 0.25) is 0 Å². The topological polar surface area (TPSA) is 42.2 Å². The van der Waals surface area contributed by atoms with Gasteiger partial charge < -0.3 is 9.47 Å². The Hall–Kier alpha value is -0.590. The molecule has 1 saturated heterocycles. The first kappa shape index (κ1) is 19.7. The van der Waals surface area contributed by atoms with Gasteiger partial charge in [-0.05, 0) is 38.0 Å². The Morgan fingerprint density at radius 2 is 1.50 bits per heavy atom. The van der Waals surface area contributed by atoms with Crippen LogP contribution in [0.1, 0.15) is 90.9 Å². The van der Waals surface area contributed by atoms with Crippen molar-refractivity contribution < 1.29 is 9.47 Å². The van der Waals surface area contributed by atoms with Crippen molar-refractivity contribution in [1.29, 1.82) is 5.26 Å². The molecule has 0 aromatic carbocycles. The first-order valence-electron chi connectivity index (χ1n) is 10.4. The number of ether oxygens (including phenoxy) is 2. The van der Waals surface area contributed by atoms with Crippen molar-refractivity contribution in [2.45, 2.75) is 97.2 Å². The van der Waals surface area contributed by atoms with Crippen molar-refractivity contribution in [1.82, 2.24) is 0 Å². The number of unbranched alkanes of at least 4 members (excludes halogenated alkanes) is 4. The van der Waals surface area contributed by atoms with Gasteiger partial charge in [-0.1, -0.05) is 58.8 Å². The SMILES string of the molecule is CCCCCC[C@H]1CC[C@](C#N)(C2OCC(CCCC)CO2)CC1. The van der Waals surface area contributed by atoms with Crippen molar-refractivity contribution >= 4 is 0 Å². The van der Waals surface area contributed by atoms with Gasteiger partial charge in [-0.15, -0.1) is 0 Å². The third kappa shape index (κ3) is 5.46. The van der Waals surface area contributed by atoms with Crippen LogP contribution >= 0.6 is 0 Å². The summed E-state index contributed by atoms with van der Waals surface area (Å²) in [5, 5.41) is 9.82. The third-order valence-electron chi connectivity index (χ3n) is 6.07. The predicted octanol–water partition coefficient (Wildman–Crippen LogP) is 5.84. The largest absolute Gasteiger partial charge is 0.351 e. The second-order valence-corrected chi connectivity index (χ2v) is 8.07. The van der Waals surface area contributed by atoms with Crippen LogP contribution in [-0.4, -0.2) is 19.5 Å². The van der Waals surface area contributed by atoms with Crippen LogP contribution in [0.15, 0.2) is 0 Å². The molecule has 0 aromatic rings. The summed E-state index contributed by atoms with van der Waals surface area (Å²) < 4.78 is 12.0. The first-order valence-corrected chi connectivity index (χ1v) is 10.4. The highest BCUT2D eigenvalue weighted by atomic mass is 16.7. The zero-order valence-corrected chi connectivity index (χ0v) is 15.9. The van der Waals surface area contributed by atoms with Gasteiger partial charge in [0.05, 0.1) is 19.3 Å². The Labute approximate surface area is 149 Å². The molecule has 1 aliphatic heterocycles. The minimum absolute atomic E-state index is 0.290. The molecular weight excluding hydrogens is 298 g/mol. The van der Waals surface area contributed by atoms with Crippen molar-refractivity contribution in [3.63, 3.8) is 0 Å². The number of hydrogen-bond acceptors (Lipinski definition) is 3. The lowest BCUT2D eigenvalue weighted by Crippen LogP contribution is -2.45. The summed E-state index contributed by atoms with van der Waals surface area (Å²) in [6.45, 7) is 6.03. The quantitative estimate of drug-likeness (QED) is 0.497. The summed E-state index contributed by atoms with van der Waals surface area (Å²) in [6.07, 6.45) is 14.3. The molecule has 0 amide bonds. The molecule has 0 aromatic heterocycles. The Morgan fingerprint density at radius 1 is 0.875 bits per heavy atom. The van der Waals surface area contributed by atoms with E-state index >= 15 is 0 Å². The fourth-order valence-corrected chi connectivity index (χ4v) is 4.26. The molecule has 0 radical (unpaired) electrons. The second kappa shape index (κ2) is 10.4. The second-order valence-electron chi connectivity index (χ2n) is 8.07. The zero-order chi connectivity index (χ0) is 17.3. The number of hydrogen-bond donors (Lipinski definition) is 0. The minimum Gasteiger partial charge on any atom is -0.351 e. The average molecular weight is 336 g/mol. The van der Waals surface area contributed by atoms with Gasteiger partial charge in [0.1, 0.15) is 5.41 Å². The predicted molar refractivity (Wildman–Crippen MR) is 97.5 cm³/mol. The summed E-state index contributed by atoms with van der Waals surface area (Å²) in [5.74, 6) is 1.33. The van der Waals surface area contributed by atoms with Gasteiger partial charge in [-0.25, -0.2) is 0 Å². The molecule has 3 heteroatoms. The lowest BCUT2D eigenvalue weighted by molar-refractivity contribution is -0.247. The van der Waals surface area contributed by atoms with E-state index in [0.717, 1.165) is 32.0 Å². The third-order valence-corrected chi connectivity index (χ3v) is 6.07. The van der Waals surface area contributed by atoms with E-state index in [4.69, 9.17) is 9.47 Å². The molecule has 138 valence electrons. The van der Waals surface area contributed by atoms with Crippen LogP contribution in [0.4, 0.5) is 0 Å². The van der Waals surface area contributed by atoms with E-state index in [2.05, 4.69) is 19.9 Å². The van der Waals surface area contributed by atoms with Crippen LogP contribution in [-0.2, 0) is 9.47 Å². The Morgan fingerprint density at radius 3 is 2.08 bits per heavy atom. The van der Waals surface area contributed by atoms with Gasteiger partial charge >= 0.3 is 0 Å². The molecule has 3 nitrogen and oxygen atoms in total. The maximum Gasteiger partial charge on any atom is 0.176 e. The first-order chi connectivity index (χ1) is 11.7. The fourth-order valence-electron chi connectivity index (χ4n) is 4.26. The summed E-state index contributed by atoms with van der Waals surface area (Å²) in [5.41, 5.74) is -0.393. The van der Waals surface area contributed by atoms with Crippen molar-refractivity contribution in [2.75, 3.05) is 13.2 Å². The van der Waals surface area contributed by atoms with E-state index in [1.807, 2.05) is 0 Å². The van der Waals surface area contributed by atoms with Crippen molar-refractivity contribution in [2.24, 2.45) is 17.3 Å². The zero-order valence-electron chi connectivity index (χ0n) is 15.9. The summed E-state index contributed by atoms with van der Waals surface area (Å²) in [7, 11) is 0. The molecule has 0 atom stereocenters. The minimum atomic E-state index is -0.393. The highest BCUT2D eigenvalue weighted by molar-refractivity contribution is 5.04. The highest BCUT2D eigenvalue weighted by Crippen LogP contribution is 2.45. The Bertz CT molecular complexity index is 374. The van der Waals surface area contributed by atoms with Crippen LogP contribution < -0.4 is 0 Å². The van der Waals surface area contributed by atoms with E-state index in [1.165, 1.54) is 64.2 Å². The van der Waals surface area contributed by atoms with Gasteiger partial charge in [-0.2, -0.15) is 5.26 Å². The molecule has 2 aliphatic rings. The smallest absolute Gasteiger partial charge is 0.176 e. The lowest BCUT2D eigenvalue weighted by Gasteiger charge is -2.42. The summed E-state index contributed by atoms with van der Waals surface area (Å²) in [4.78, 5) is 0. The lowest BCUT2D eigenvalue weighted by atomic mass is 9.69. The van der Waals surface area contributed by atoms with Gasteiger partial charge in [0.25, 0.3) is 0 Å². The molecule has 1 heterocycles. The summed E-state index contributed by atoms with van der Waals surface area (Å²) in [6, 6.07) is 2.59. The van der Waals surface area contributed by atoms with Crippen LogP contribution in [0.3, 0.4) is 0 Å². The van der Waals surface area contributed by atoms with Crippen LogP contribution in [0.25, 0.3) is 0 Å². The number of nitrogens with zero attached hydrogens (tertiary/aromatic N) is 1. The van der Waals surface area contributed by atoms with Gasteiger partial charge in [0.2, 0.25) is 0 Å². The molecule has 0 bridgehead atoms. The summed E-state index contributed by atoms with van der Waals surface area (Å²) >= 11 is 0. The monoisotopic (exact) mass is 335 g/mol. The molecule has 1 aliphatic carbocycles.